The van der Waals surface area contributed by atoms with Crippen molar-refractivity contribution in [1.82, 2.24) is 15.0 Å². The Morgan fingerprint density at radius 1 is 1.23 bits per heavy atom. The fourth-order valence-corrected chi connectivity index (χ4v) is 3.47. The molecular formula is C16H14N4OS. The van der Waals surface area contributed by atoms with Crippen LogP contribution >= 0.6 is 11.3 Å². The van der Waals surface area contributed by atoms with Gasteiger partial charge in [-0.2, -0.15) is 0 Å². The summed E-state index contributed by atoms with van der Waals surface area (Å²) in [5, 5.41) is 2.07. The van der Waals surface area contributed by atoms with Gasteiger partial charge in [-0.3, -0.25) is 0 Å². The topological polar surface area (TPSA) is 73.9 Å². The number of thiophene rings is 1. The van der Waals surface area contributed by atoms with Crippen LogP contribution in [0.1, 0.15) is 12.0 Å². The molecule has 0 radical (unpaired) electrons. The van der Waals surface area contributed by atoms with Crippen molar-refractivity contribution >= 4 is 33.1 Å². The van der Waals surface area contributed by atoms with Gasteiger partial charge in [0.1, 0.15) is 0 Å². The van der Waals surface area contributed by atoms with Crippen molar-refractivity contribution in [2.24, 2.45) is 0 Å². The Morgan fingerprint density at radius 2 is 2.09 bits per heavy atom. The molecule has 1 aliphatic heterocycles. The number of nitrogens with two attached hydrogens (primary N) is 1. The first-order valence-corrected chi connectivity index (χ1v) is 7.92. The van der Waals surface area contributed by atoms with E-state index in [4.69, 9.17) is 15.5 Å². The first-order chi connectivity index (χ1) is 10.8. The largest absolute Gasteiger partial charge is 0.377 e. The SMILES string of the molecule is Nc1ncc(-c2cc(C3=CCOCC3)c3sccc3n2)cn1. The van der Waals surface area contributed by atoms with Crippen LogP contribution in [0.5, 0.6) is 0 Å². The van der Waals surface area contributed by atoms with Crippen LogP contribution in [0, 0.1) is 0 Å². The molecule has 0 aliphatic carbocycles. The average molecular weight is 310 g/mol. The number of hydrogen-bond acceptors (Lipinski definition) is 6. The summed E-state index contributed by atoms with van der Waals surface area (Å²) in [6, 6.07) is 4.16. The summed E-state index contributed by atoms with van der Waals surface area (Å²) in [7, 11) is 0. The van der Waals surface area contributed by atoms with Crippen molar-refractivity contribution < 1.29 is 4.74 Å². The van der Waals surface area contributed by atoms with Gasteiger partial charge in [0.15, 0.2) is 0 Å². The fourth-order valence-electron chi connectivity index (χ4n) is 2.58. The number of fused-ring (bicyclic) bond motifs is 1. The Morgan fingerprint density at radius 3 is 2.86 bits per heavy atom. The lowest BCUT2D eigenvalue weighted by Crippen LogP contribution is -2.04. The van der Waals surface area contributed by atoms with Crippen molar-refractivity contribution in [2.45, 2.75) is 6.42 Å². The van der Waals surface area contributed by atoms with E-state index < -0.39 is 0 Å². The van der Waals surface area contributed by atoms with Gasteiger partial charge in [0.2, 0.25) is 5.95 Å². The Hall–Kier alpha value is -2.31. The number of ether oxygens (including phenoxy) is 1. The van der Waals surface area contributed by atoms with E-state index in [1.807, 2.05) is 6.07 Å². The number of hydrogen-bond donors (Lipinski definition) is 1. The maximum Gasteiger partial charge on any atom is 0.219 e. The highest BCUT2D eigenvalue weighted by Crippen LogP contribution is 2.34. The molecule has 4 rings (SSSR count). The lowest BCUT2D eigenvalue weighted by atomic mass is 10.00. The van der Waals surface area contributed by atoms with Crippen molar-refractivity contribution in [1.29, 1.82) is 0 Å². The normalized spacial score (nSPS) is 15.0. The quantitative estimate of drug-likeness (QED) is 0.787. The second kappa shape index (κ2) is 5.47. The van der Waals surface area contributed by atoms with Crippen molar-refractivity contribution in [2.75, 3.05) is 18.9 Å². The molecule has 4 heterocycles. The Labute approximate surface area is 131 Å². The Kier molecular flexibility index (Phi) is 3.32. The first-order valence-electron chi connectivity index (χ1n) is 7.04. The van der Waals surface area contributed by atoms with Gasteiger partial charge in [0.05, 0.1) is 29.1 Å². The summed E-state index contributed by atoms with van der Waals surface area (Å²) < 4.78 is 6.64. The van der Waals surface area contributed by atoms with E-state index in [9.17, 15) is 0 Å². The first kappa shape index (κ1) is 13.4. The van der Waals surface area contributed by atoms with Gasteiger partial charge in [0.25, 0.3) is 0 Å². The van der Waals surface area contributed by atoms with Gasteiger partial charge in [-0.05, 0) is 35.1 Å². The predicted octanol–water partition coefficient (Wildman–Crippen LogP) is 3.14. The van der Waals surface area contributed by atoms with Gasteiger partial charge in [-0.25, -0.2) is 15.0 Å². The minimum atomic E-state index is 0.271. The van der Waals surface area contributed by atoms with E-state index >= 15 is 0 Å². The highest BCUT2D eigenvalue weighted by Gasteiger charge is 2.14. The van der Waals surface area contributed by atoms with Gasteiger partial charge in [0, 0.05) is 18.0 Å². The van der Waals surface area contributed by atoms with E-state index in [0.29, 0.717) is 6.61 Å². The van der Waals surface area contributed by atoms with E-state index in [1.54, 1.807) is 23.7 Å². The molecule has 0 amide bonds. The number of pyridine rings is 1. The standard InChI is InChI=1S/C16H14N4OS/c17-16-18-8-11(9-19-16)14-7-12(10-1-4-21-5-2-10)15-13(20-14)3-6-22-15/h1,3,6-9H,2,4-5H2,(H2,17,18,19). The fraction of sp³-hybridized carbons (Fsp3) is 0.188. The number of rotatable bonds is 2. The molecule has 2 N–H and O–H groups in total. The highest BCUT2D eigenvalue weighted by atomic mass is 32.1. The van der Waals surface area contributed by atoms with Gasteiger partial charge in [-0.1, -0.05) is 6.08 Å². The molecule has 3 aromatic heterocycles. The van der Waals surface area contributed by atoms with Crippen LogP contribution < -0.4 is 5.73 Å². The van der Waals surface area contributed by atoms with Crippen LogP contribution in [0.3, 0.4) is 0 Å². The monoisotopic (exact) mass is 310 g/mol. The molecule has 6 heteroatoms. The van der Waals surface area contributed by atoms with Crippen molar-refractivity contribution in [3.63, 3.8) is 0 Å². The smallest absolute Gasteiger partial charge is 0.219 e. The highest BCUT2D eigenvalue weighted by molar-refractivity contribution is 7.17. The lowest BCUT2D eigenvalue weighted by Gasteiger charge is -2.15. The van der Waals surface area contributed by atoms with Crippen molar-refractivity contribution in [3.05, 3.63) is 41.5 Å². The summed E-state index contributed by atoms with van der Waals surface area (Å²) in [6.07, 6.45) is 6.51. The van der Waals surface area contributed by atoms with E-state index in [-0.39, 0.29) is 5.95 Å². The van der Waals surface area contributed by atoms with Crippen LogP contribution in [0.25, 0.3) is 27.0 Å². The van der Waals surface area contributed by atoms with E-state index in [0.717, 1.165) is 29.8 Å². The molecule has 0 saturated carbocycles. The molecule has 0 spiro atoms. The van der Waals surface area contributed by atoms with Crippen LogP contribution in [0.4, 0.5) is 5.95 Å². The second-order valence-corrected chi connectivity index (χ2v) is 5.99. The number of anilines is 1. The zero-order valence-corrected chi connectivity index (χ0v) is 12.6. The van der Waals surface area contributed by atoms with Crippen LogP contribution in [-0.4, -0.2) is 28.2 Å². The van der Waals surface area contributed by atoms with Crippen LogP contribution in [0.15, 0.2) is 36.0 Å². The number of nitrogen functional groups attached to an aromatic ring is 1. The zero-order chi connectivity index (χ0) is 14.9. The Balaban J connectivity index is 1.90. The van der Waals surface area contributed by atoms with Gasteiger partial charge < -0.3 is 10.5 Å². The van der Waals surface area contributed by atoms with E-state index in [2.05, 4.69) is 27.5 Å². The predicted molar refractivity (Wildman–Crippen MR) is 88.5 cm³/mol. The van der Waals surface area contributed by atoms with Crippen LogP contribution in [-0.2, 0) is 4.74 Å². The number of nitrogens with zero attached hydrogens (tertiary/aromatic N) is 3. The maximum absolute atomic E-state index is 5.56. The summed E-state index contributed by atoms with van der Waals surface area (Å²) in [5.74, 6) is 0.271. The number of aromatic nitrogens is 3. The molecule has 0 bridgehead atoms. The molecule has 3 aromatic rings. The molecule has 0 aromatic carbocycles. The summed E-state index contributed by atoms with van der Waals surface area (Å²) in [5.41, 5.74) is 10.9. The molecule has 22 heavy (non-hydrogen) atoms. The van der Waals surface area contributed by atoms with E-state index in [1.165, 1.54) is 15.8 Å². The van der Waals surface area contributed by atoms with Crippen molar-refractivity contribution in [3.8, 4) is 11.3 Å². The molecule has 1 aliphatic rings. The molecule has 0 saturated heterocycles. The Bertz CT molecular complexity index is 854. The second-order valence-electron chi connectivity index (χ2n) is 5.07. The van der Waals surface area contributed by atoms with Crippen LogP contribution in [0.2, 0.25) is 0 Å². The maximum atomic E-state index is 5.56. The minimum absolute atomic E-state index is 0.271. The van der Waals surface area contributed by atoms with Gasteiger partial charge in [-0.15, -0.1) is 11.3 Å². The third-order valence-electron chi connectivity index (χ3n) is 3.69. The molecule has 110 valence electrons. The summed E-state index contributed by atoms with van der Waals surface area (Å²) >= 11 is 1.72. The average Bonchev–Trinajstić information content (AvgIpc) is 3.04. The molecule has 0 atom stereocenters. The zero-order valence-electron chi connectivity index (χ0n) is 11.8. The third-order valence-corrected chi connectivity index (χ3v) is 4.62. The lowest BCUT2D eigenvalue weighted by molar-refractivity contribution is 0.161. The van der Waals surface area contributed by atoms with Gasteiger partial charge >= 0.3 is 0 Å². The molecular weight excluding hydrogens is 296 g/mol. The molecule has 0 unspecified atom stereocenters. The minimum Gasteiger partial charge on any atom is -0.377 e. The molecule has 5 nitrogen and oxygen atoms in total. The summed E-state index contributed by atoms with van der Waals surface area (Å²) in [6.45, 7) is 1.44. The molecule has 0 fully saturated rings. The third kappa shape index (κ3) is 2.36. The summed E-state index contributed by atoms with van der Waals surface area (Å²) in [4.78, 5) is 12.8.